The number of fused-ring (bicyclic) bond motifs is 4. The third-order valence-corrected chi connectivity index (χ3v) is 5.91. The van der Waals surface area contributed by atoms with Gasteiger partial charge in [0.05, 0.1) is 5.69 Å². The van der Waals surface area contributed by atoms with Gasteiger partial charge in [0.2, 0.25) is 0 Å². The first kappa shape index (κ1) is 16.6. The quantitative estimate of drug-likeness (QED) is 0.755. The van der Waals surface area contributed by atoms with Gasteiger partial charge in [-0.05, 0) is 43.9 Å². The number of hydrogen-bond donors (Lipinski definition) is 1. The summed E-state index contributed by atoms with van der Waals surface area (Å²) in [6, 6.07) is 6.44. The maximum Gasteiger partial charge on any atom is 0.276 e. The fourth-order valence-electron chi connectivity index (χ4n) is 4.62. The Labute approximate surface area is 154 Å². The Morgan fingerprint density at radius 3 is 2.70 bits per heavy atom. The summed E-state index contributed by atoms with van der Waals surface area (Å²) in [5.74, 6) is -1.64. The van der Waals surface area contributed by atoms with E-state index in [4.69, 9.17) is 4.98 Å². The zero-order chi connectivity index (χ0) is 18.7. The van der Waals surface area contributed by atoms with Gasteiger partial charge in [-0.25, -0.2) is 18.3 Å². The molecule has 0 aliphatic carbocycles. The molecule has 1 saturated heterocycles. The number of halogens is 2. The highest BCUT2D eigenvalue weighted by Gasteiger charge is 2.38. The van der Waals surface area contributed by atoms with E-state index in [1.165, 1.54) is 16.6 Å². The van der Waals surface area contributed by atoms with Gasteiger partial charge in [-0.1, -0.05) is 6.07 Å². The Hall–Kier alpha value is -2.54. The monoisotopic (exact) mass is 370 g/mol. The van der Waals surface area contributed by atoms with E-state index in [0.29, 0.717) is 25.0 Å². The van der Waals surface area contributed by atoms with Crippen LogP contribution in [-0.2, 0) is 19.4 Å². The molecule has 0 amide bonds. The standard InChI is InChI=1S/C20H20F2N4O/c1-11-6-19-23-18-9-14-4-3-13(8-15(18)20(27)26(19)24-11)25(14)10-12-2-5-16(21)17(22)7-12/h2,5-7,13-14,24H,3-4,8-10H2,1H3/t13-,14+/m1/s1. The number of nitrogens with one attached hydrogen (secondary N) is 1. The van der Waals surface area contributed by atoms with E-state index in [1.807, 2.05) is 13.0 Å². The van der Waals surface area contributed by atoms with Gasteiger partial charge in [-0.3, -0.25) is 14.8 Å². The summed E-state index contributed by atoms with van der Waals surface area (Å²) < 4.78 is 28.3. The number of aromatic nitrogens is 3. The summed E-state index contributed by atoms with van der Waals surface area (Å²) in [6.45, 7) is 2.46. The van der Waals surface area contributed by atoms with Crippen LogP contribution in [-0.4, -0.2) is 31.6 Å². The first-order chi connectivity index (χ1) is 13.0. The Morgan fingerprint density at radius 1 is 1.15 bits per heavy atom. The molecular formula is C20H20F2N4O. The molecule has 2 aliphatic heterocycles. The van der Waals surface area contributed by atoms with E-state index in [9.17, 15) is 13.6 Å². The minimum atomic E-state index is -0.826. The van der Waals surface area contributed by atoms with Crippen LogP contribution in [0.2, 0.25) is 0 Å². The molecule has 4 heterocycles. The van der Waals surface area contributed by atoms with Crippen LogP contribution in [0.5, 0.6) is 0 Å². The fourth-order valence-corrected chi connectivity index (χ4v) is 4.62. The Kier molecular flexibility index (Phi) is 3.69. The van der Waals surface area contributed by atoms with E-state index in [2.05, 4.69) is 10.00 Å². The van der Waals surface area contributed by atoms with Crippen molar-refractivity contribution in [2.45, 2.75) is 51.2 Å². The molecule has 140 valence electrons. The number of H-pyrrole nitrogens is 1. The van der Waals surface area contributed by atoms with Crippen molar-refractivity contribution in [3.05, 3.63) is 68.8 Å². The Morgan fingerprint density at radius 2 is 1.93 bits per heavy atom. The third-order valence-electron chi connectivity index (χ3n) is 5.91. The minimum Gasteiger partial charge on any atom is -0.294 e. The van der Waals surface area contributed by atoms with Crippen molar-refractivity contribution >= 4 is 5.65 Å². The molecule has 1 fully saturated rings. The van der Waals surface area contributed by atoms with Crippen molar-refractivity contribution < 1.29 is 8.78 Å². The smallest absolute Gasteiger partial charge is 0.276 e. The first-order valence-corrected chi connectivity index (χ1v) is 9.29. The van der Waals surface area contributed by atoms with E-state index in [0.717, 1.165) is 35.4 Å². The van der Waals surface area contributed by atoms with Crippen molar-refractivity contribution in [1.82, 2.24) is 19.5 Å². The molecule has 2 atom stereocenters. The summed E-state index contributed by atoms with van der Waals surface area (Å²) in [5, 5.41) is 3.05. The summed E-state index contributed by atoms with van der Waals surface area (Å²) in [4.78, 5) is 20.0. The van der Waals surface area contributed by atoms with Crippen LogP contribution in [0.15, 0.2) is 29.1 Å². The highest BCUT2D eigenvalue weighted by atomic mass is 19.2. The van der Waals surface area contributed by atoms with E-state index < -0.39 is 11.6 Å². The largest absolute Gasteiger partial charge is 0.294 e. The summed E-state index contributed by atoms with van der Waals surface area (Å²) in [6.07, 6.45) is 3.38. The number of rotatable bonds is 2. The van der Waals surface area contributed by atoms with Crippen LogP contribution >= 0.6 is 0 Å². The molecule has 1 aromatic carbocycles. The van der Waals surface area contributed by atoms with Crippen LogP contribution in [0.25, 0.3) is 5.65 Å². The second-order valence-electron chi connectivity index (χ2n) is 7.69. The second-order valence-corrected chi connectivity index (χ2v) is 7.69. The number of aryl methyl sites for hydroxylation is 1. The van der Waals surface area contributed by atoms with Gasteiger partial charge in [-0.15, -0.1) is 0 Å². The molecule has 0 spiro atoms. The van der Waals surface area contributed by atoms with Crippen LogP contribution in [0.4, 0.5) is 8.78 Å². The lowest BCUT2D eigenvalue weighted by Crippen LogP contribution is -2.36. The lowest BCUT2D eigenvalue weighted by Gasteiger charge is -2.27. The molecule has 2 aromatic heterocycles. The van der Waals surface area contributed by atoms with E-state index in [-0.39, 0.29) is 17.6 Å². The average Bonchev–Trinajstić information content (AvgIpc) is 3.12. The van der Waals surface area contributed by atoms with Crippen LogP contribution in [0, 0.1) is 18.6 Å². The molecule has 7 heteroatoms. The lowest BCUT2D eigenvalue weighted by molar-refractivity contribution is 0.187. The molecule has 0 radical (unpaired) electrons. The fraction of sp³-hybridized carbons (Fsp3) is 0.400. The van der Waals surface area contributed by atoms with E-state index in [1.54, 1.807) is 6.07 Å². The number of aromatic amines is 1. The van der Waals surface area contributed by atoms with Gasteiger partial charge in [0.15, 0.2) is 17.3 Å². The number of nitrogens with zero attached hydrogens (tertiary/aromatic N) is 3. The predicted molar refractivity (Wildman–Crippen MR) is 96.7 cm³/mol. The third kappa shape index (κ3) is 2.68. The topological polar surface area (TPSA) is 53.4 Å². The molecule has 3 aromatic rings. The van der Waals surface area contributed by atoms with Crippen molar-refractivity contribution in [3.63, 3.8) is 0 Å². The zero-order valence-electron chi connectivity index (χ0n) is 15.0. The van der Waals surface area contributed by atoms with E-state index >= 15 is 0 Å². The maximum absolute atomic E-state index is 13.6. The SMILES string of the molecule is Cc1cc2nc3c(c(=O)n2[nH]1)C[C@H]1CC[C@@H](C3)N1Cc1ccc(F)c(F)c1. The highest BCUT2D eigenvalue weighted by Crippen LogP contribution is 2.34. The molecule has 0 unspecified atom stereocenters. The van der Waals surface area contributed by atoms with Crippen molar-refractivity contribution in [3.8, 4) is 0 Å². The molecule has 5 rings (SSSR count). The predicted octanol–water partition coefficient (Wildman–Crippen LogP) is 2.74. The van der Waals surface area contributed by atoms with Gasteiger partial charge in [-0.2, -0.15) is 0 Å². The summed E-state index contributed by atoms with van der Waals surface area (Å²) >= 11 is 0. The van der Waals surface area contributed by atoms with Crippen molar-refractivity contribution in [1.29, 1.82) is 0 Å². The van der Waals surface area contributed by atoms with Crippen LogP contribution < -0.4 is 5.56 Å². The lowest BCUT2D eigenvalue weighted by atomic mass is 9.98. The Bertz CT molecular complexity index is 1100. The molecule has 1 N–H and O–H groups in total. The number of benzene rings is 1. The van der Waals surface area contributed by atoms with Gasteiger partial charge in [0.1, 0.15) is 0 Å². The van der Waals surface area contributed by atoms with Crippen molar-refractivity contribution in [2.75, 3.05) is 0 Å². The second kappa shape index (κ2) is 5.99. The highest BCUT2D eigenvalue weighted by molar-refractivity contribution is 5.42. The molecule has 5 nitrogen and oxygen atoms in total. The Balaban J connectivity index is 1.51. The van der Waals surface area contributed by atoms with Crippen molar-refractivity contribution in [2.24, 2.45) is 0 Å². The van der Waals surface area contributed by atoms with Gasteiger partial charge in [0, 0.05) is 42.4 Å². The normalized spacial score (nSPS) is 22.2. The average molecular weight is 370 g/mol. The zero-order valence-corrected chi connectivity index (χ0v) is 15.0. The molecule has 0 saturated carbocycles. The van der Waals surface area contributed by atoms with Crippen LogP contribution in [0.1, 0.15) is 35.4 Å². The minimum absolute atomic E-state index is 0.0246. The summed E-state index contributed by atoms with van der Waals surface area (Å²) in [5.41, 5.74) is 3.94. The summed E-state index contributed by atoms with van der Waals surface area (Å²) in [7, 11) is 0. The molecule has 2 aliphatic rings. The van der Waals surface area contributed by atoms with Gasteiger partial charge in [0.25, 0.3) is 5.56 Å². The first-order valence-electron chi connectivity index (χ1n) is 9.29. The van der Waals surface area contributed by atoms with Gasteiger partial charge >= 0.3 is 0 Å². The number of hydrogen-bond acceptors (Lipinski definition) is 3. The maximum atomic E-state index is 13.6. The molecule has 27 heavy (non-hydrogen) atoms. The van der Waals surface area contributed by atoms with Crippen LogP contribution in [0.3, 0.4) is 0 Å². The van der Waals surface area contributed by atoms with Gasteiger partial charge < -0.3 is 0 Å². The molecular weight excluding hydrogens is 350 g/mol. The molecule has 2 bridgehead atoms.